The number of aromatic nitrogens is 2. The van der Waals surface area contributed by atoms with Crippen molar-refractivity contribution in [1.82, 2.24) is 9.55 Å². The lowest BCUT2D eigenvalue weighted by molar-refractivity contribution is 0.296. The van der Waals surface area contributed by atoms with Gasteiger partial charge in [0.1, 0.15) is 10.8 Å². The first-order valence-corrected chi connectivity index (χ1v) is 10.8. The minimum atomic E-state index is -0.359. The number of fused-ring (bicyclic) bond motifs is 2. The van der Waals surface area contributed by atoms with Crippen LogP contribution in [0.4, 0.5) is 11.5 Å². The fourth-order valence-electron chi connectivity index (χ4n) is 4.01. The zero-order valence-electron chi connectivity index (χ0n) is 17.1. The number of anilines is 2. The molecule has 2 aromatic heterocycles. The van der Waals surface area contributed by atoms with Crippen LogP contribution in [0.3, 0.4) is 0 Å². The van der Waals surface area contributed by atoms with Gasteiger partial charge in [-0.05, 0) is 36.8 Å². The minimum Gasteiger partial charge on any atom is -0.733 e. The van der Waals surface area contributed by atoms with E-state index in [2.05, 4.69) is 0 Å². The molecule has 0 bridgehead atoms. The van der Waals surface area contributed by atoms with Crippen LogP contribution in [-0.2, 0) is 0 Å². The summed E-state index contributed by atoms with van der Waals surface area (Å²) in [7, 11) is 0. The van der Waals surface area contributed by atoms with Crippen LogP contribution in [0.25, 0.3) is 31.6 Å². The number of hydrogen-bond donors (Lipinski definition) is 2. The van der Waals surface area contributed by atoms with Gasteiger partial charge in [-0.2, -0.15) is 0 Å². The molecule has 160 valence electrons. The first-order chi connectivity index (χ1) is 15.5. The van der Waals surface area contributed by atoms with Crippen molar-refractivity contribution in [3.63, 3.8) is 0 Å². The van der Waals surface area contributed by atoms with Crippen molar-refractivity contribution in [3.8, 4) is 10.6 Å². The molecule has 0 saturated heterocycles. The molecular weight excluding hydrogens is 424 g/mol. The molecule has 0 amide bonds. The van der Waals surface area contributed by atoms with E-state index in [1.54, 1.807) is 6.07 Å². The zero-order valence-corrected chi connectivity index (χ0v) is 17.9. The highest BCUT2D eigenvalue weighted by atomic mass is 32.1. The molecule has 7 nitrogen and oxygen atoms in total. The summed E-state index contributed by atoms with van der Waals surface area (Å²) in [6.07, 6.45) is 0. The summed E-state index contributed by atoms with van der Waals surface area (Å²) in [5, 5.41) is 22.2. The van der Waals surface area contributed by atoms with E-state index in [1.165, 1.54) is 28.0 Å². The lowest BCUT2D eigenvalue weighted by Crippen LogP contribution is -2.27. The molecule has 5 rings (SSSR count). The molecule has 0 saturated carbocycles. The monoisotopic (exact) mass is 443 g/mol. The fraction of sp³-hybridized carbons (Fsp3) is 0.0833. The van der Waals surface area contributed by atoms with Crippen LogP contribution in [-0.4, -0.2) is 14.8 Å². The van der Waals surface area contributed by atoms with Crippen molar-refractivity contribution >= 4 is 43.8 Å². The van der Waals surface area contributed by atoms with E-state index >= 15 is 0 Å². The molecule has 1 atom stereocenters. The van der Waals surface area contributed by atoms with Crippen molar-refractivity contribution in [1.29, 1.82) is 0 Å². The normalized spacial score (nSPS) is 12.3. The van der Waals surface area contributed by atoms with Crippen LogP contribution < -0.4 is 16.5 Å². The van der Waals surface area contributed by atoms with Crippen molar-refractivity contribution < 1.29 is 5.21 Å². The van der Waals surface area contributed by atoms with E-state index in [9.17, 15) is 15.2 Å². The van der Waals surface area contributed by atoms with Gasteiger partial charge in [0.25, 0.3) is 5.56 Å². The van der Waals surface area contributed by atoms with Crippen LogP contribution in [0.15, 0.2) is 77.6 Å². The van der Waals surface area contributed by atoms with Crippen LogP contribution >= 0.6 is 11.3 Å². The summed E-state index contributed by atoms with van der Waals surface area (Å²) in [5.74, 6) is 0.300. The molecule has 0 fully saturated rings. The number of para-hydroxylation sites is 1. The van der Waals surface area contributed by atoms with Gasteiger partial charge in [-0.1, -0.05) is 48.5 Å². The van der Waals surface area contributed by atoms with Gasteiger partial charge in [-0.15, -0.1) is 11.3 Å². The first kappa shape index (κ1) is 20.2. The topological polar surface area (TPSA) is 107 Å². The maximum atomic E-state index is 13.6. The third kappa shape index (κ3) is 3.21. The van der Waals surface area contributed by atoms with Crippen molar-refractivity contribution in [2.24, 2.45) is 0 Å². The smallest absolute Gasteiger partial charge is 0.260 e. The van der Waals surface area contributed by atoms with Gasteiger partial charge in [0.05, 0.1) is 32.9 Å². The largest absolute Gasteiger partial charge is 0.733 e. The Balaban J connectivity index is 1.87. The Morgan fingerprint density at radius 1 is 1.06 bits per heavy atom. The van der Waals surface area contributed by atoms with E-state index in [4.69, 9.17) is 10.7 Å². The predicted octanol–water partition coefficient (Wildman–Crippen LogP) is 5.16. The summed E-state index contributed by atoms with van der Waals surface area (Å²) in [4.78, 5) is 18.3. The van der Waals surface area contributed by atoms with Gasteiger partial charge in [0, 0.05) is 5.39 Å². The highest BCUT2D eigenvalue weighted by molar-refractivity contribution is 7.21. The molecule has 3 N–H and O–H groups in total. The Kier molecular flexibility index (Phi) is 4.90. The van der Waals surface area contributed by atoms with Crippen molar-refractivity contribution in [2.45, 2.75) is 13.0 Å². The standard InChI is InChI=1S/C24H19N4O3S/c1-14(15-7-3-2-4-8-15)27-22(25)21(23-26-19-9-5-6-10-20(19)32-23)17-12-11-16(28(30)31)13-18(17)24(27)29/h2-14,30H,25H2,1H3/q-1. The van der Waals surface area contributed by atoms with E-state index < -0.39 is 0 Å². The third-order valence-corrected chi connectivity index (χ3v) is 6.69. The lowest BCUT2D eigenvalue weighted by Gasteiger charge is -2.24. The summed E-state index contributed by atoms with van der Waals surface area (Å²) < 4.78 is 2.52. The molecular formula is C24H19N4O3S-. The average Bonchev–Trinajstić information content (AvgIpc) is 3.23. The predicted molar refractivity (Wildman–Crippen MR) is 129 cm³/mol. The van der Waals surface area contributed by atoms with Crippen LogP contribution in [0.5, 0.6) is 0 Å². The Labute approximate surface area is 187 Å². The number of nitrogens with two attached hydrogens (primary N) is 1. The zero-order chi connectivity index (χ0) is 22.4. The number of nitrogen functional groups attached to an aromatic ring is 1. The maximum Gasteiger partial charge on any atom is 0.260 e. The van der Waals surface area contributed by atoms with Crippen molar-refractivity contribution in [2.75, 3.05) is 11.0 Å². The number of hydrogen-bond acceptors (Lipinski definition) is 7. The molecule has 0 aliphatic carbocycles. The van der Waals surface area contributed by atoms with E-state index in [1.807, 2.05) is 61.5 Å². The Hall–Kier alpha value is -3.72. The van der Waals surface area contributed by atoms with Gasteiger partial charge in [0.15, 0.2) is 0 Å². The van der Waals surface area contributed by atoms with Gasteiger partial charge in [-0.3, -0.25) is 14.6 Å². The summed E-state index contributed by atoms with van der Waals surface area (Å²) in [6.45, 7) is 1.90. The number of nitrogens with zero attached hydrogens (tertiary/aromatic N) is 3. The van der Waals surface area contributed by atoms with Crippen molar-refractivity contribution in [3.05, 3.63) is 93.9 Å². The minimum absolute atomic E-state index is 0.0338. The number of rotatable bonds is 4. The summed E-state index contributed by atoms with van der Waals surface area (Å²) in [6, 6.07) is 21.5. The van der Waals surface area contributed by atoms with Gasteiger partial charge < -0.3 is 16.2 Å². The molecule has 8 heteroatoms. The summed E-state index contributed by atoms with van der Waals surface area (Å²) in [5.41, 5.74) is 8.66. The molecule has 2 heterocycles. The maximum absolute atomic E-state index is 13.6. The third-order valence-electron chi connectivity index (χ3n) is 5.64. The van der Waals surface area contributed by atoms with E-state index in [-0.39, 0.29) is 27.9 Å². The Morgan fingerprint density at radius 3 is 2.50 bits per heavy atom. The summed E-state index contributed by atoms with van der Waals surface area (Å²) >= 11 is 1.48. The van der Waals surface area contributed by atoms with Gasteiger partial charge >= 0.3 is 0 Å². The number of pyridine rings is 1. The van der Waals surface area contributed by atoms with E-state index in [0.29, 0.717) is 21.8 Å². The number of thiazole rings is 1. The second-order valence-corrected chi connectivity index (χ2v) is 8.54. The fourth-order valence-corrected chi connectivity index (χ4v) is 5.05. The molecule has 0 aliphatic heterocycles. The molecule has 5 aromatic rings. The highest BCUT2D eigenvalue weighted by Crippen LogP contribution is 2.39. The van der Waals surface area contributed by atoms with Gasteiger partial charge in [0.2, 0.25) is 0 Å². The molecule has 0 radical (unpaired) electrons. The van der Waals surface area contributed by atoms with Crippen LogP contribution in [0.1, 0.15) is 18.5 Å². The Morgan fingerprint density at radius 2 is 1.78 bits per heavy atom. The molecule has 32 heavy (non-hydrogen) atoms. The van der Waals surface area contributed by atoms with E-state index in [0.717, 1.165) is 15.8 Å². The first-order valence-electron chi connectivity index (χ1n) is 10.0. The molecule has 0 spiro atoms. The second-order valence-electron chi connectivity index (χ2n) is 7.51. The van der Waals surface area contributed by atoms with Crippen LogP contribution in [0, 0.1) is 5.21 Å². The van der Waals surface area contributed by atoms with Gasteiger partial charge in [-0.25, -0.2) is 4.98 Å². The Bertz CT molecular complexity index is 1480. The quantitative estimate of drug-likeness (QED) is 0.371. The van der Waals surface area contributed by atoms with Crippen LogP contribution in [0.2, 0.25) is 0 Å². The number of benzene rings is 3. The molecule has 0 aliphatic rings. The highest BCUT2D eigenvalue weighted by Gasteiger charge is 2.22. The average molecular weight is 444 g/mol. The molecule has 3 aromatic carbocycles. The SMILES string of the molecule is CC(c1ccccc1)n1c(N)c(-c2nc3ccccc3s2)c2ccc(N([O-])O)cc2c1=O. The second kappa shape index (κ2) is 7.76. The molecule has 1 unspecified atom stereocenters. The lowest BCUT2D eigenvalue weighted by atomic mass is 10.0.